The lowest BCUT2D eigenvalue weighted by molar-refractivity contribution is -0.144. The smallest absolute Gasteiger partial charge is 0.246 e. The Morgan fingerprint density at radius 3 is 2.09 bits per heavy atom. The summed E-state index contributed by atoms with van der Waals surface area (Å²) in [6.45, 7) is 18.1. The second kappa shape index (κ2) is 32.5. The molecule has 3 aliphatic heterocycles. The molecule has 3 fully saturated rings. The van der Waals surface area contributed by atoms with Crippen LogP contribution < -0.4 is 30.9 Å². The number of aryl methyl sites for hydroxylation is 1. The topological polar surface area (TPSA) is 269 Å². The number of piperidine rings is 1. The molecule has 3 saturated heterocycles. The number of aliphatic hydroxyl groups is 1. The van der Waals surface area contributed by atoms with Gasteiger partial charge in [-0.2, -0.15) is 4.98 Å². The van der Waals surface area contributed by atoms with Gasteiger partial charge in [-0.05, 0) is 74.4 Å². The molecule has 0 aliphatic carbocycles. The molecule has 0 spiro atoms. The van der Waals surface area contributed by atoms with E-state index in [0.717, 1.165) is 66.4 Å². The van der Waals surface area contributed by atoms with Crippen LogP contribution in [0.1, 0.15) is 78.0 Å². The van der Waals surface area contributed by atoms with E-state index in [1.54, 1.807) is 56.6 Å². The van der Waals surface area contributed by atoms with E-state index >= 15 is 0 Å². The van der Waals surface area contributed by atoms with Gasteiger partial charge in [-0.25, -0.2) is 18.4 Å². The van der Waals surface area contributed by atoms with Gasteiger partial charge in [0.05, 0.1) is 116 Å². The van der Waals surface area contributed by atoms with Crippen molar-refractivity contribution < 1.29 is 56.4 Å². The SMILES string of the molecule is COc1cc(N2CCC(N3CCN(C(=O)CCOCCOCCOCCOCCC(=O)NC(C(=O)N4C[C@H](O)C[C@H]4C(=O)NCc4ccc(-c5scnc5C)cc4)C(C)(C)C)CC3)CC2)ccc1Nc1ncc(Cl)c(Nc2ccccc2S(=O)(=O)C(C)C)n1. The lowest BCUT2D eigenvalue weighted by Crippen LogP contribution is -2.57. The highest BCUT2D eigenvalue weighted by Crippen LogP contribution is 2.36. The second-order valence-corrected chi connectivity index (χ2v) is 27.4. The third-order valence-electron chi connectivity index (χ3n) is 16.0. The summed E-state index contributed by atoms with van der Waals surface area (Å²) >= 11 is 8.05. The van der Waals surface area contributed by atoms with Crippen molar-refractivity contribution in [1.29, 1.82) is 0 Å². The van der Waals surface area contributed by atoms with Crippen molar-refractivity contribution in [2.24, 2.45) is 5.41 Å². The molecule has 3 atom stereocenters. The summed E-state index contributed by atoms with van der Waals surface area (Å²) in [5, 5.41) is 22.3. The van der Waals surface area contributed by atoms with Crippen LogP contribution >= 0.6 is 22.9 Å². The number of rotatable bonds is 30. The molecule has 3 aromatic carbocycles. The Bertz CT molecular complexity index is 3260. The average Bonchev–Trinajstić information content (AvgIpc) is 2.86. The molecule has 4 amide bonds. The van der Waals surface area contributed by atoms with Crippen LogP contribution in [0.2, 0.25) is 5.02 Å². The summed E-state index contributed by atoms with van der Waals surface area (Å²) in [5.74, 6) is 0.0104. The summed E-state index contributed by atoms with van der Waals surface area (Å²) in [6.07, 6.45) is 2.97. The maximum atomic E-state index is 14.0. The first-order valence-corrected chi connectivity index (χ1v) is 33.2. The number of hydrogen-bond acceptors (Lipinski definition) is 20. The number of amides is 4. The van der Waals surface area contributed by atoms with Crippen LogP contribution in [0.5, 0.6) is 5.75 Å². The van der Waals surface area contributed by atoms with Gasteiger partial charge in [0.15, 0.2) is 15.7 Å². The number of piperazine rings is 1. The molecule has 0 bridgehead atoms. The van der Waals surface area contributed by atoms with Crippen molar-refractivity contribution >= 4 is 85.2 Å². The summed E-state index contributed by atoms with van der Waals surface area (Å²) in [7, 11) is -1.97. The number of nitrogens with one attached hydrogen (secondary N) is 4. The zero-order chi connectivity index (χ0) is 63.7. The fraction of sp³-hybridized carbons (Fsp3) is 0.540. The number of aliphatic hydroxyl groups excluding tert-OH is 1. The molecule has 89 heavy (non-hydrogen) atoms. The first-order chi connectivity index (χ1) is 42.7. The van der Waals surface area contributed by atoms with Gasteiger partial charge in [-0.15, -0.1) is 11.3 Å². The Labute approximate surface area is 531 Å². The first kappa shape index (κ1) is 68.4. The number of benzene rings is 3. The minimum atomic E-state index is -3.58. The molecule has 5 aromatic rings. The largest absolute Gasteiger partial charge is 0.494 e. The summed E-state index contributed by atoms with van der Waals surface area (Å²) < 4.78 is 54.5. The molecule has 8 rings (SSSR count). The number of ether oxygens (including phenoxy) is 5. The molecular weight excluding hydrogens is 1200 g/mol. The number of sulfone groups is 1. The highest BCUT2D eigenvalue weighted by atomic mass is 35.5. The second-order valence-electron chi connectivity index (χ2n) is 23.6. The molecule has 2 aromatic heterocycles. The van der Waals surface area contributed by atoms with Crippen molar-refractivity contribution in [2.75, 3.05) is 121 Å². The van der Waals surface area contributed by atoms with Crippen LogP contribution in [0.15, 0.2) is 83.3 Å². The number of aromatic nitrogens is 3. The number of halogens is 1. The third kappa shape index (κ3) is 19.0. The number of β-amino-alcohol motifs (C(OH)–C–C–N with tert-alkyl or cyclic N) is 1. The number of nitrogens with zero attached hydrogens (tertiary/aromatic N) is 7. The van der Waals surface area contributed by atoms with Crippen molar-refractivity contribution in [3.05, 3.63) is 94.7 Å². The van der Waals surface area contributed by atoms with Gasteiger partial charge < -0.3 is 64.8 Å². The average molecular weight is 1290 g/mol. The molecule has 0 radical (unpaired) electrons. The number of para-hydroxylation sites is 1. The molecule has 5 N–H and O–H groups in total. The standard InChI is InChI=1S/C63H86ClN11O12S2/c1-42(2)89(81,82)54-11-9-8-10-51(54)68-59-49(64)39-66-62(71-59)69-50-17-16-47(36-53(50)83-7)72-22-18-46(19-23-72)73-24-26-74(27-25-73)56(78)21-29-85-31-33-87-35-34-86-32-30-84-28-20-55(77)70-58(63(4,5)6)61(80)75-40-48(76)37-52(75)60(79)65-38-44-12-14-45(15-13-44)57-43(3)67-41-88-57/h8-17,36,39,41-42,46,48,52,58,76H,18-35,37-38,40H2,1-7H3,(H,65,79)(H,70,77)(H2,66,68,69,71)/t48-,52+,58?/m1/s1. The van der Waals surface area contributed by atoms with Gasteiger partial charge in [-0.3, -0.25) is 24.1 Å². The minimum absolute atomic E-state index is 0.0142. The van der Waals surface area contributed by atoms with Crippen molar-refractivity contribution in [3.8, 4) is 16.2 Å². The Balaban J connectivity index is 0.639. The predicted octanol–water partition coefficient (Wildman–Crippen LogP) is 7.01. The zero-order valence-corrected chi connectivity index (χ0v) is 54.4. The number of anilines is 5. The highest BCUT2D eigenvalue weighted by Gasteiger charge is 2.44. The van der Waals surface area contributed by atoms with Gasteiger partial charge in [0.2, 0.25) is 29.6 Å². The van der Waals surface area contributed by atoms with E-state index in [4.69, 9.17) is 35.3 Å². The Morgan fingerprint density at radius 2 is 1.46 bits per heavy atom. The molecule has 5 heterocycles. The monoisotopic (exact) mass is 1290 g/mol. The summed E-state index contributed by atoms with van der Waals surface area (Å²) in [6, 6.07) is 19.1. The lowest BCUT2D eigenvalue weighted by atomic mass is 9.85. The summed E-state index contributed by atoms with van der Waals surface area (Å²) in [5.41, 5.74) is 6.06. The van der Waals surface area contributed by atoms with Crippen LogP contribution in [0.25, 0.3) is 10.4 Å². The minimum Gasteiger partial charge on any atom is -0.494 e. The van der Waals surface area contributed by atoms with Crippen LogP contribution in [0.3, 0.4) is 0 Å². The van der Waals surface area contributed by atoms with Crippen molar-refractivity contribution in [1.82, 2.24) is 40.3 Å². The first-order valence-electron chi connectivity index (χ1n) is 30.4. The number of hydrogen-bond donors (Lipinski definition) is 5. The van der Waals surface area contributed by atoms with Gasteiger partial charge in [-0.1, -0.05) is 68.8 Å². The molecular formula is C63H86ClN11O12S2. The molecule has 3 aliphatic rings. The molecule has 23 nitrogen and oxygen atoms in total. The summed E-state index contributed by atoms with van der Waals surface area (Å²) in [4.78, 5) is 76.3. The molecule has 1 unspecified atom stereocenters. The lowest BCUT2D eigenvalue weighted by Gasteiger charge is -2.43. The Morgan fingerprint density at radius 1 is 0.809 bits per heavy atom. The van der Waals surface area contributed by atoms with Gasteiger partial charge in [0.25, 0.3) is 0 Å². The van der Waals surface area contributed by atoms with Crippen molar-refractivity contribution in [3.63, 3.8) is 0 Å². The van der Waals surface area contributed by atoms with E-state index in [2.05, 4.69) is 46.0 Å². The van der Waals surface area contributed by atoms with Gasteiger partial charge in [0.1, 0.15) is 22.9 Å². The van der Waals surface area contributed by atoms with Crippen LogP contribution in [-0.4, -0.2) is 202 Å². The van der Waals surface area contributed by atoms with Crippen LogP contribution in [0.4, 0.5) is 28.8 Å². The number of likely N-dealkylation sites (tertiary alicyclic amines) is 1. The normalized spacial score (nSPS) is 17.2. The van der Waals surface area contributed by atoms with Gasteiger partial charge in [0, 0.05) is 83.0 Å². The van der Waals surface area contributed by atoms with Crippen LogP contribution in [-0.2, 0) is 54.5 Å². The Hall–Kier alpha value is -6.55. The predicted molar refractivity (Wildman–Crippen MR) is 343 cm³/mol. The Kier molecular flexibility index (Phi) is 24.9. The van der Waals surface area contributed by atoms with E-state index < -0.39 is 44.6 Å². The van der Waals surface area contributed by atoms with E-state index in [9.17, 15) is 32.7 Å². The molecule has 26 heteroatoms. The number of thiazole rings is 1. The zero-order valence-electron chi connectivity index (χ0n) is 52.0. The quantitative estimate of drug-likeness (QED) is 0.0289. The van der Waals surface area contributed by atoms with E-state index in [0.29, 0.717) is 82.3 Å². The number of methoxy groups -OCH3 is 1. The van der Waals surface area contributed by atoms with Crippen LogP contribution in [0, 0.1) is 12.3 Å². The van der Waals surface area contributed by atoms with Gasteiger partial charge >= 0.3 is 0 Å². The number of carbonyl (C=O) groups is 4. The van der Waals surface area contributed by atoms with E-state index in [-0.39, 0.29) is 78.6 Å². The van der Waals surface area contributed by atoms with E-state index in [1.807, 2.05) is 80.6 Å². The fourth-order valence-corrected chi connectivity index (χ4v) is 13.0. The fourth-order valence-electron chi connectivity index (χ4n) is 10.9. The number of carbonyl (C=O) groups excluding carboxylic acids is 4. The molecule has 0 saturated carbocycles. The maximum absolute atomic E-state index is 14.0. The highest BCUT2D eigenvalue weighted by molar-refractivity contribution is 7.92. The van der Waals surface area contributed by atoms with Crippen molar-refractivity contribution in [2.45, 2.75) is 115 Å². The maximum Gasteiger partial charge on any atom is 0.246 e. The van der Waals surface area contributed by atoms with E-state index in [1.165, 1.54) is 11.1 Å². The molecule has 484 valence electrons. The third-order valence-corrected chi connectivity index (χ3v) is 19.5.